The molecule has 6 nitrogen and oxygen atoms in total. The minimum Gasteiger partial charge on any atom is -0.393 e. The largest absolute Gasteiger partial charge is 0.393 e. The Morgan fingerprint density at radius 3 is 2.87 bits per heavy atom. The van der Waals surface area contributed by atoms with Crippen molar-refractivity contribution in [1.82, 2.24) is 15.5 Å². The minimum atomic E-state index is -0.114. The van der Waals surface area contributed by atoms with Gasteiger partial charge < -0.3 is 20.5 Å². The second kappa shape index (κ2) is 8.31. The first-order valence-corrected chi connectivity index (χ1v) is 9.33. The van der Waals surface area contributed by atoms with Gasteiger partial charge in [-0.25, -0.2) is 0 Å². The maximum Gasteiger partial charge on any atom is 0.191 e. The van der Waals surface area contributed by atoms with Gasteiger partial charge in [-0.15, -0.1) is 0 Å². The third-order valence-electron chi connectivity index (χ3n) is 5.30. The lowest BCUT2D eigenvalue weighted by atomic mass is 9.93. The summed E-state index contributed by atoms with van der Waals surface area (Å²) in [7, 11) is 0. The number of nitrogens with zero attached hydrogens (tertiary/aromatic N) is 2. The number of hydrogen-bond acceptors (Lipinski definition) is 4. The maximum absolute atomic E-state index is 9.62. The van der Waals surface area contributed by atoms with Gasteiger partial charge in [-0.05, 0) is 52.0 Å². The molecule has 132 valence electrons. The van der Waals surface area contributed by atoms with E-state index >= 15 is 0 Å². The SMILES string of the molecule is CCNC(=NCC1CN2CCCC2CO1)NC1CCC(O)CC1. The molecule has 2 aliphatic heterocycles. The molecule has 2 saturated heterocycles. The van der Waals surface area contributed by atoms with Crippen molar-refractivity contribution in [3.05, 3.63) is 0 Å². The van der Waals surface area contributed by atoms with Crippen LogP contribution in [0.4, 0.5) is 0 Å². The lowest BCUT2D eigenvalue weighted by Crippen LogP contribution is -2.48. The van der Waals surface area contributed by atoms with Crippen LogP contribution in [0.5, 0.6) is 0 Å². The number of morpholine rings is 1. The van der Waals surface area contributed by atoms with Crippen LogP contribution in [0.3, 0.4) is 0 Å². The fraction of sp³-hybridized carbons (Fsp3) is 0.941. The minimum absolute atomic E-state index is 0.114. The van der Waals surface area contributed by atoms with Crippen molar-refractivity contribution < 1.29 is 9.84 Å². The smallest absolute Gasteiger partial charge is 0.191 e. The molecule has 3 N–H and O–H groups in total. The predicted molar refractivity (Wildman–Crippen MR) is 91.7 cm³/mol. The van der Waals surface area contributed by atoms with E-state index in [1.807, 2.05) is 0 Å². The highest BCUT2D eigenvalue weighted by molar-refractivity contribution is 5.80. The number of guanidine groups is 1. The molecule has 0 amide bonds. The molecule has 0 aromatic heterocycles. The molecule has 0 bridgehead atoms. The van der Waals surface area contributed by atoms with Crippen LogP contribution in [-0.2, 0) is 4.74 Å². The summed E-state index contributed by atoms with van der Waals surface area (Å²) in [6, 6.07) is 1.07. The standard InChI is InChI=1S/C17H32N4O2/c1-2-18-17(20-13-5-7-15(22)8-6-13)19-10-16-11-21-9-3-4-14(21)12-23-16/h13-16,22H,2-12H2,1H3,(H2,18,19,20). The van der Waals surface area contributed by atoms with Gasteiger partial charge in [0.1, 0.15) is 0 Å². The van der Waals surface area contributed by atoms with Crippen LogP contribution < -0.4 is 10.6 Å². The van der Waals surface area contributed by atoms with E-state index in [1.54, 1.807) is 0 Å². The van der Waals surface area contributed by atoms with E-state index in [2.05, 4.69) is 22.5 Å². The number of nitrogens with one attached hydrogen (secondary N) is 2. The molecular formula is C17H32N4O2. The molecule has 1 saturated carbocycles. The average molecular weight is 324 g/mol. The number of fused-ring (bicyclic) bond motifs is 1. The Morgan fingerprint density at radius 2 is 2.09 bits per heavy atom. The van der Waals surface area contributed by atoms with Crippen LogP contribution in [0.25, 0.3) is 0 Å². The van der Waals surface area contributed by atoms with Crippen LogP contribution in [0.2, 0.25) is 0 Å². The molecule has 2 atom stereocenters. The van der Waals surface area contributed by atoms with Crippen LogP contribution >= 0.6 is 0 Å². The van der Waals surface area contributed by atoms with Gasteiger partial charge in [-0.3, -0.25) is 9.89 Å². The van der Waals surface area contributed by atoms with Crippen LogP contribution in [-0.4, -0.2) is 73.0 Å². The first-order chi connectivity index (χ1) is 11.2. The van der Waals surface area contributed by atoms with Crippen molar-refractivity contribution in [3.63, 3.8) is 0 Å². The number of aliphatic imine (C=N–C) groups is 1. The number of ether oxygens (including phenoxy) is 1. The molecule has 23 heavy (non-hydrogen) atoms. The van der Waals surface area contributed by atoms with Crippen LogP contribution in [0.1, 0.15) is 45.4 Å². The van der Waals surface area contributed by atoms with Gasteiger partial charge in [-0.2, -0.15) is 0 Å². The van der Waals surface area contributed by atoms with Gasteiger partial charge in [0.05, 0.1) is 25.4 Å². The molecule has 6 heteroatoms. The molecular weight excluding hydrogens is 292 g/mol. The van der Waals surface area contributed by atoms with Gasteiger partial charge >= 0.3 is 0 Å². The number of hydrogen-bond donors (Lipinski definition) is 3. The molecule has 3 fully saturated rings. The summed E-state index contributed by atoms with van der Waals surface area (Å²) in [5.41, 5.74) is 0. The Morgan fingerprint density at radius 1 is 1.26 bits per heavy atom. The van der Waals surface area contributed by atoms with E-state index < -0.39 is 0 Å². The molecule has 3 aliphatic rings. The summed E-state index contributed by atoms with van der Waals surface area (Å²) in [6.07, 6.45) is 6.50. The molecule has 0 aromatic rings. The Bertz CT molecular complexity index is 396. The zero-order chi connectivity index (χ0) is 16.1. The monoisotopic (exact) mass is 324 g/mol. The van der Waals surface area contributed by atoms with Crippen molar-refractivity contribution in [2.45, 2.75) is 69.7 Å². The lowest BCUT2D eigenvalue weighted by molar-refractivity contribution is -0.0432. The highest BCUT2D eigenvalue weighted by Crippen LogP contribution is 2.22. The third kappa shape index (κ3) is 4.81. The lowest BCUT2D eigenvalue weighted by Gasteiger charge is -2.34. The van der Waals surface area contributed by atoms with Gasteiger partial charge in [0.15, 0.2) is 5.96 Å². The second-order valence-electron chi connectivity index (χ2n) is 7.12. The van der Waals surface area contributed by atoms with Gasteiger partial charge in [0.2, 0.25) is 0 Å². The first-order valence-electron chi connectivity index (χ1n) is 9.33. The van der Waals surface area contributed by atoms with E-state index in [-0.39, 0.29) is 12.2 Å². The number of aliphatic hydroxyl groups excluding tert-OH is 1. The second-order valence-corrected chi connectivity index (χ2v) is 7.12. The molecule has 2 unspecified atom stereocenters. The quantitative estimate of drug-likeness (QED) is 0.525. The van der Waals surface area contributed by atoms with E-state index in [4.69, 9.17) is 9.73 Å². The predicted octanol–water partition coefficient (Wildman–Crippen LogP) is 0.708. The van der Waals surface area contributed by atoms with Crippen molar-refractivity contribution in [3.8, 4) is 0 Å². The maximum atomic E-state index is 9.62. The highest BCUT2D eigenvalue weighted by Gasteiger charge is 2.32. The third-order valence-corrected chi connectivity index (χ3v) is 5.30. The van der Waals surface area contributed by atoms with Crippen LogP contribution in [0, 0.1) is 0 Å². The zero-order valence-electron chi connectivity index (χ0n) is 14.3. The Kier molecular flexibility index (Phi) is 6.14. The van der Waals surface area contributed by atoms with Gasteiger partial charge in [-0.1, -0.05) is 0 Å². The van der Waals surface area contributed by atoms with Gasteiger partial charge in [0, 0.05) is 25.2 Å². The van der Waals surface area contributed by atoms with E-state index in [1.165, 1.54) is 19.4 Å². The van der Waals surface area contributed by atoms with E-state index in [9.17, 15) is 5.11 Å². The average Bonchev–Trinajstić information content (AvgIpc) is 3.02. The van der Waals surface area contributed by atoms with Crippen LogP contribution in [0.15, 0.2) is 4.99 Å². The van der Waals surface area contributed by atoms with Crippen molar-refractivity contribution in [1.29, 1.82) is 0 Å². The van der Waals surface area contributed by atoms with E-state index in [0.29, 0.717) is 18.6 Å². The Labute approximate surface area is 139 Å². The molecule has 0 radical (unpaired) electrons. The topological polar surface area (TPSA) is 69.1 Å². The van der Waals surface area contributed by atoms with Crippen molar-refractivity contribution >= 4 is 5.96 Å². The Hall–Kier alpha value is -0.850. The summed E-state index contributed by atoms with van der Waals surface area (Å²) >= 11 is 0. The number of rotatable bonds is 4. The highest BCUT2D eigenvalue weighted by atomic mass is 16.5. The molecule has 1 aliphatic carbocycles. The normalized spacial score (nSPS) is 35.8. The summed E-state index contributed by atoms with van der Waals surface area (Å²) < 4.78 is 5.99. The number of aliphatic hydroxyl groups is 1. The first kappa shape index (κ1) is 17.0. The fourth-order valence-electron chi connectivity index (χ4n) is 3.92. The summed E-state index contributed by atoms with van der Waals surface area (Å²) in [6.45, 7) is 6.77. The molecule has 3 rings (SSSR count). The van der Waals surface area contributed by atoms with Crippen molar-refractivity contribution in [2.75, 3.05) is 32.8 Å². The summed E-state index contributed by atoms with van der Waals surface area (Å²) in [5.74, 6) is 0.890. The van der Waals surface area contributed by atoms with Crippen molar-refractivity contribution in [2.24, 2.45) is 4.99 Å². The fourth-order valence-corrected chi connectivity index (χ4v) is 3.92. The summed E-state index contributed by atoms with van der Waals surface area (Å²) in [5, 5.41) is 16.5. The molecule has 0 spiro atoms. The van der Waals surface area contributed by atoms with Gasteiger partial charge in [0.25, 0.3) is 0 Å². The summed E-state index contributed by atoms with van der Waals surface area (Å²) in [4.78, 5) is 7.31. The Balaban J connectivity index is 1.48. The van der Waals surface area contributed by atoms with E-state index in [0.717, 1.165) is 51.3 Å². The molecule has 2 heterocycles. The zero-order valence-corrected chi connectivity index (χ0v) is 14.3. The molecule has 0 aromatic carbocycles.